The summed E-state index contributed by atoms with van der Waals surface area (Å²) in [4.78, 5) is 15.8. The molecule has 0 amide bonds. The zero-order chi connectivity index (χ0) is 14.0. The molecule has 7 heteroatoms. The Balaban J connectivity index is 2.63. The Morgan fingerprint density at radius 2 is 2.11 bits per heavy atom. The number of halogens is 3. The number of hydrogen-bond donors (Lipinski definition) is 0. The molecule has 0 aliphatic carbocycles. The highest BCUT2D eigenvalue weighted by molar-refractivity contribution is 5.81. The molecule has 0 aliphatic heterocycles. The first-order valence-electron chi connectivity index (χ1n) is 5.49. The van der Waals surface area contributed by atoms with Gasteiger partial charge in [-0.2, -0.15) is 13.2 Å². The predicted octanol–water partition coefficient (Wildman–Crippen LogP) is 2.06. The normalized spacial score (nSPS) is 12.0. The Labute approximate surface area is 106 Å². The summed E-state index contributed by atoms with van der Waals surface area (Å²) in [6.45, 7) is 0.528. The summed E-state index contributed by atoms with van der Waals surface area (Å²) in [6, 6.07) is 3.45. The number of hydrogen-bond acceptors (Lipinski definition) is 3. The Hall–Kier alpha value is -1.89. The zero-order valence-electron chi connectivity index (χ0n) is 10.1. The van der Waals surface area contributed by atoms with Crippen molar-refractivity contribution in [3.8, 4) is 0 Å². The molecular weight excluding hydrogens is 261 g/mol. The van der Waals surface area contributed by atoms with Gasteiger partial charge in [-0.15, -0.1) is 0 Å². The van der Waals surface area contributed by atoms with Crippen molar-refractivity contribution in [3.05, 3.63) is 40.4 Å². The van der Waals surface area contributed by atoms with Crippen molar-refractivity contribution in [2.24, 2.45) is 0 Å². The first-order valence-corrected chi connectivity index (χ1v) is 5.49. The molecule has 1 aromatic carbocycles. The van der Waals surface area contributed by atoms with E-state index in [1.165, 1.54) is 23.8 Å². The van der Waals surface area contributed by atoms with Crippen molar-refractivity contribution in [1.82, 2.24) is 9.55 Å². The minimum absolute atomic E-state index is 0.0478. The summed E-state index contributed by atoms with van der Waals surface area (Å²) in [6.07, 6.45) is -3.42. The number of fused-ring (bicyclic) bond motifs is 1. The van der Waals surface area contributed by atoms with Crippen LogP contribution < -0.4 is 5.56 Å². The van der Waals surface area contributed by atoms with Gasteiger partial charge >= 0.3 is 6.18 Å². The van der Waals surface area contributed by atoms with E-state index in [1.807, 2.05) is 0 Å². The van der Waals surface area contributed by atoms with Crippen LogP contribution in [0.5, 0.6) is 0 Å². The molecule has 0 N–H and O–H groups in total. The highest BCUT2D eigenvalue weighted by atomic mass is 19.4. The third kappa shape index (κ3) is 2.60. The minimum atomic E-state index is -4.53. The summed E-state index contributed by atoms with van der Waals surface area (Å²) in [5, 5.41) is -0.0478. The van der Waals surface area contributed by atoms with Crippen LogP contribution in [0.2, 0.25) is 0 Å². The quantitative estimate of drug-likeness (QED) is 0.859. The van der Waals surface area contributed by atoms with E-state index in [4.69, 9.17) is 4.74 Å². The fourth-order valence-electron chi connectivity index (χ4n) is 1.77. The average molecular weight is 272 g/mol. The molecule has 102 valence electrons. The first-order chi connectivity index (χ1) is 8.95. The molecule has 19 heavy (non-hydrogen) atoms. The lowest BCUT2D eigenvalue weighted by molar-refractivity contribution is -0.136. The van der Waals surface area contributed by atoms with Crippen molar-refractivity contribution in [1.29, 1.82) is 0 Å². The smallest absolute Gasteiger partial charge is 0.383 e. The van der Waals surface area contributed by atoms with E-state index in [-0.39, 0.29) is 24.1 Å². The molecule has 0 saturated carbocycles. The van der Waals surface area contributed by atoms with Crippen LogP contribution in [0.1, 0.15) is 5.56 Å². The molecule has 0 radical (unpaired) electrons. The van der Waals surface area contributed by atoms with Gasteiger partial charge in [0, 0.05) is 7.11 Å². The number of ether oxygens (including phenoxy) is 1. The molecule has 0 aliphatic rings. The molecule has 0 saturated heterocycles. The molecule has 1 aromatic heterocycles. The second-order valence-corrected chi connectivity index (χ2v) is 3.94. The maximum atomic E-state index is 12.8. The van der Waals surface area contributed by atoms with Crippen molar-refractivity contribution >= 4 is 10.9 Å². The van der Waals surface area contributed by atoms with Crippen LogP contribution in [0.4, 0.5) is 13.2 Å². The summed E-state index contributed by atoms with van der Waals surface area (Å²) >= 11 is 0. The molecule has 2 aromatic rings. The summed E-state index contributed by atoms with van der Waals surface area (Å²) < 4.78 is 44.4. The fourth-order valence-corrected chi connectivity index (χ4v) is 1.77. The maximum Gasteiger partial charge on any atom is 0.418 e. The van der Waals surface area contributed by atoms with E-state index in [0.717, 1.165) is 12.4 Å². The number of rotatable bonds is 3. The largest absolute Gasteiger partial charge is 0.418 e. The molecule has 0 bridgehead atoms. The van der Waals surface area contributed by atoms with Crippen molar-refractivity contribution in [3.63, 3.8) is 0 Å². The Bertz CT molecular complexity index is 649. The Morgan fingerprint density at radius 3 is 2.74 bits per heavy atom. The molecule has 0 unspecified atom stereocenters. The van der Waals surface area contributed by atoms with Crippen LogP contribution in [-0.4, -0.2) is 23.3 Å². The molecule has 1 heterocycles. The van der Waals surface area contributed by atoms with Crippen LogP contribution in [0.25, 0.3) is 10.9 Å². The minimum Gasteiger partial charge on any atom is -0.383 e. The lowest BCUT2D eigenvalue weighted by Crippen LogP contribution is -2.23. The lowest BCUT2D eigenvalue weighted by atomic mass is 10.1. The molecule has 2 rings (SSSR count). The van der Waals surface area contributed by atoms with Gasteiger partial charge in [0.25, 0.3) is 5.56 Å². The maximum absolute atomic E-state index is 12.8. The first kappa shape index (κ1) is 13.5. The van der Waals surface area contributed by atoms with Crippen LogP contribution >= 0.6 is 0 Å². The van der Waals surface area contributed by atoms with E-state index in [2.05, 4.69) is 4.98 Å². The Kier molecular flexibility index (Phi) is 3.57. The van der Waals surface area contributed by atoms with Gasteiger partial charge in [0.05, 0.1) is 35.9 Å². The Morgan fingerprint density at radius 1 is 1.37 bits per heavy atom. The van der Waals surface area contributed by atoms with Gasteiger partial charge in [0.15, 0.2) is 0 Å². The van der Waals surface area contributed by atoms with E-state index >= 15 is 0 Å². The van der Waals surface area contributed by atoms with Crippen LogP contribution in [0.15, 0.2) is 29.3 Å². The van der Waals surface area contributed by atoms with E-state index < -0.39 is 17.3 Å². The third-order valence-electron chi connectivity index (χ3n) is 2.70. The highest BCUT2D eigenvalue weighted by Crippen LogP contribution is 2.32. The summed E-state index contributed by atoms with van der Waals surface area (Å²) in [5.41, 5.74) is -1.73. The van der Waals surface area contributed by atoms with E-state index in [0.29, 0.717) is 0 Å². The van der Waals surface area contributed by atoms with Gasteiger partial charge in [-0.25, -0.2) is 4.98 Å². The predicted molar refractivity (Wildman–Crippen MR) is 62.9 cm³/mol. The lowest BCUT2D eigenvalue weighted by Gasteiger charge is -2.10. The number of methoxy groups -OCH3 is 1. The number of para-hydroxylation sites is 1. The third-order valence-corrected chi connectivity index (χ3v) is 2.70. The van der Waals surface area contributed by atoms with Gasteiger partial charge in [-0.05, 0) is 12.1 Å². The molecule has 0 atom stereocenters. The number of nitrogens with zero attached hydrogens (tertiary/aromatic N) is 2. The van der Waals surface area contributed by atoms with Gasteiger partial charge < -0.3 is 4.74 Å². The van der Waals surface area contributed by atoms with Gasteiger partial charge in [-0.3, -0.25) is 9.36 Å². The molecule has 0 fully saturated rings. The summed E-state index contributed by atoms with van der Waals surface area (Å²) in [7, 11) is 1.47. The second-order valence-electron chi connectivity index (χ2n) is 3.94. The average Bonchev–Trinajstić information content (AvgIpc) is 2.36. The second kappa shape index (κ2) is 5.00. The topological polar surface area (TPSA) is 44.1 Å². The zero-order valence-corrected chi connectivity index (χ0v) is 10.1. The monoisotopic (exact) mass is 272 g/mol. The van der Waals surface area contributed by atoms with Crippen molar-refractivity contribution in [2.45, 2.75) is 12.7 Å². The van der Waals surface area contributed by atoms with Gasteiger partial charge in [0.2, 0.25) is 0 Å². The van der Waals surface area contributed by atoms with Crippen LogP contribution in [0.3, 0.4) is 0 Å². The fraction of sp³-hybridized carbons (Fsp3) is 0.333. The van der Waals surface area contributed by atoms with Gasteiger partial charge in [-0.1, -0.05) is 6.07 Å². The molecule has 0 spiro atoms. The number of aromatic nitrogens is 2. The van der Waals surface area contributed by atoms with Crippen LogP contribution in [0, 0.1) is 0 Å². The molecular formula is C12H11F3N2O2. The summed E-state index contributed by atoms with van der Waals surface area (Å²) in [5.74, 6) is 0. The van der Waals surface area contributed by atoms with Crippen molar-refractivity contribution < 1.29 is 17.9 Å². The van der Waals surface area contributed by atoms with Gasteiger partial charge in [0.1, 0.15) is 0 Å². The van der Waals surface area contributed by atoms with Crippen molar-refractivity contribution in [2.75, 3.05) is 13.7 Å². The van der Waals surface area contributed by atoms with E-state index in [1.54, 1.807) is 0 Å². The van der Waals surface area contributed by atoms with Crippen LogP contribution in [-0.2, 0) is 17.5 Å². The molecule has 4 nitrogen and oxygen atoms in total. The van der Waals surface area contributed by atoms with E-state index in [9.17, 15) is 18.0 Å². The number of alkyl halides is 3. The SMILES string of the molecule is COCCn1cnc2c(C(F)(F)F)cccc2c1=O. The standard InChI is InChI=1S/C12H11F3N2O2/c1-19-6-5-17-7-16-10-8(11(17)18)3-2-4-9(10)12(13,14)15/h2-4,7H,5-6H2,1H3. The number of benzene rings is 1. The highest BCUT2D eigenvalue weighted by Gasteiger charge is 2.33.